The predicted octanol–water partition coefficient (Wildman–Crippen LogP) is 1.65. The number of likely N-dealkylation sites (tertiary alicyclic amines) is 2. The lowest BCUT2D eigenvalue weighted by atomic mass is 9.69. The summed E-state index contributed by atoms with van der Waals surface area (Å²) >= 11 is 6.28. The Morgan fingerprint density at radius 1 is 1.43 bits per heavy atom. The van der Waals surface area contributed by atoms with Gasteiger partial charge < -0.3 is 10.0 Å². The maximum atomic E-state index is 9.93. The molecule has 0 spiro atoms. The molecule has 118 valence electrons. The van der Waals surface area contributed by atoms with Gasteiger partial charge in [0.2, 0.25) is 0 Å². The number of aromatic nitrogens is 2. The molecule has 2 N–H and O–H groups in total. The molecular formula is C15H25ClN4O. The highest BCUT2D eigenvalue weighted by Crippen LogP contribution is 2.41. The van der Waals surface area contributed by atoms with Crippen LogP contribution in [0.3, 0.4) is 0 Å². The maximum absolute atomic E-state index is 9.93. The molecule has 3 heterocycles. The quantitative estimate of drug-likeness (QED) is 0.891. The molecule has 0 aliphatic carbocycles. The molecule has 2 saturated heterocycles. The third kappa shape index (κ3) is 2.72. The number of aryl methyl sites for hydroxylation is 1. The van der Waals surface area contributed by atoms with Crippen molar-refractivity contribution < 1.29 is 5.11 Å². The number of aliphatic hydroxyl groups excluding tert-OH is 1. The first-order valence-electron chi connectivity index (χ1n) is 7.78. The largest absolute Gasteiger partial charge is 0.396 e. The Labute approximate surface area is 131 Å². The molecule has 2 aliphatic rings. The number of hydrogen-bond acceptors (Lipinski definition) is 4. The van der Waals surface area contributed by atoms with Crippen LogP contribution in [0.5, 0.6) is 0 Å². The van der Waals surface area contributed by atoms with Gasteiger partial charge in [0.25, 0.3) is 0 Å². The van der Waals surface area contributed by atoms with Gasteiger partial charge >= 0.3 is 0 Å². The fourth-order valence-corrected chi connectivity index (χ4v) is 4.15. The summed E-state index contributed by atoms with van der Waals surface area (Å²) in [6, 6.07) is 0.434. The summed E-state index contributed by atoms with van der Waals surface area (Å²) < 4.78 is 0. The highest BCUT2D eigenvalue weighted by atomic mass is 35.5. The van der Waals surface area contributed by atoms with E-state index in [0.717, 1.165) is 55.4 Å². The Balaban J connectivity index is 1.72. The van der Waals surface area contributed by atoms with E-state index in [0.29, 0.717) is 12.6 Å². The number of aromatic amines is 1. The van der Waals surface area contributed by atoms with E-state index < -0.39 is 0 Å². The van der Waals surface area contributed by atoms with Crippen LogP contribution in [0.1, 0.15) is 30.7 Å². The van der Waals surface area contributed by atoms with Gasteiger partial charge in [-0.3, -0.25) is 10.00 Å². The van der Waals surface area contributed by atoms with Crippen molar-refractivity contribution in [1.29, 1.82) is 0 Å². The van der Waals surface area contributed by atoms with Crippen LogP contribution >= 0.6 is 11.6 Å². The second-order valence-electron chi connectivity index (χ2n) is 6.71. The predicted molar refractivity (Wildman–Crippen MR) is 83.4 cm³/mol. The first-order valence-corrected chi connectivity index (χ1v) is 8.16. The number of nitrogens with one attached hydrogen (secondary N) is 1. The molecule has 6 heteroatoms. The minimum atomic E-state index is 0.0920. The summed E-state index contributed by atoms with van der Waals surface area (Å²) in [5.74, 6) is 0. The number of piperidine rings is 2. The average Bonchev–Trinajstić information content (AvgIpc) is 2.80. The lowest BCUT2D eigenvalue weighted by molar-refractivity contribution is -0.0686. The van der Waals surface area contributed by atoms with Crippen LogP contribution in [0, 0.1) is 12.3 Å². The Morgan fingerprint density at radius 3 is 2.90 bits per heavy atom. The van der Waals surface area contributed by atoms with E-state index in [9.17, 15) is 5.11 Å². The summed E-state index contributed by atoms with van der Waals surface area (Å²) in [5.41, 5.74) is 1.96. The number of fused-ring (bicyclic) bond motifs is 1. The smallest absolute Gasteiger partial charge is 0.0951 e. The second-order valence-corrected chi connectivity index (χ2v) is 7.09. The van der Waals surface area contributed by atoms with Crippen LogP contribution in [-0.4, -0.2) is 64.4 Å². The van der Waals surface area contributed by atoms with Crippen molar-refractivity contribution in [3.63, 3.8) is 0 Å². The molecule has 0 bridgehead atoms. The lowest BCUT2D eigenvalue weighted by Gasteiger charge is -2.53. The summed E-state index contributed by atoms with van der Waals surface area (Å²) in [6.07, 6.45) is 3.39. The summed E-state index contributed by atoms with van der Waals surface area (Å²) in [5, 5.41) is 17.9. The Hall–Kier alpha value is -0.620. The zero-order valence-corrected chi connectivity index (χ0v) is 13.7. The maximum Gasteiger partial charge on any atom is 0.0951 e. The highest BCUT2D eigenvalue weighted by molar-refractivity contribution is 6.31. The van der Waals surface area contributed by atoms with Crippen molar-refractivity contribution in [2.24, 2.45) is 5.41 Å². The molecule has 0 unspecified atom stereocenters. The first-order chi connectivity index (χ1) is 10.1. The molecule has 0 aromatic carbocycles. The number of halogens is 1. The second kappa shape index (κ2) is 5.88. The van der Waals surface area contributed by atoms with Crippen molar-refractivity contribution in [3.8, 4) is 0 Å². The minimum Gasteiger partial charge on any atom is -0.396 e. The molecule has 0 saturated carbocycles. The Morgan fingerprint density at radius 2 is 2.24 bits per heavy atom. The van der Waals surface area contributed by atoms with Crippen LogP contribution < -0.4 is 0 Å². The molecule has 2 atom stereocenters. The van der Waals surface area contributed by atoms with Gasteiger partial charge in [-0.25, -0.2) is 0 Å². The Kier molecular flexibility index (Phi) is 4.28. The van der Waals surface area contributed by atoms with Crippen molar-refractivity contribution in [3.05, 3.63) is 16.4 Å². The van der Waals surface area contributed by atoms with Crippen LogP contribution in [0.15, 0.2) is 0 Å². The number of nitrogens with zero attached hydrogens (tertiary/aromatic N) is 3. The standard InChI is InChI=1S/C15H25ClN4O/c1-11-14(16)12(18-17-11)8-20-7-5-15(10-21)4-3-6-19(2)13(15)9-20/h13,21H,3-10H2,1-2H3,(H,17,18)/t13-,15-/m1/s1. The van der Waals surface area contributed by atoms with E-state index in [2.05, 4.69) is 27.0 Å². The Bertz CT molecular complexity index is 506. The van der Waals surface area contributed by atoms with Gasteiger partial charge in [0, 0.05) is 24.5 Å². The fourth-order valence-electron chi connectivity index (χ4n) is 4.00. The molecule has 2 fully saturated rings. The zero-order valence-electron chi connectivity index (χ0n) is 12.9. The molecule has 2 aliphatic heterocycles. The molecule has 21 heavy (non-hydrogen) atoms. The van der Waals surface area contributed by atoms with Gasteiger partial charge in [0.1, 0.15) is 0 Å². The molecular weight excluding hydrogens is 288 g/mol. The molecule has 0 radical (unpaired) electrons. The van der Waals surface area contributed by atoms with E-state index in [-0.39, 0.29) is 5.41 Å². The average molecular weight is 313 g/mol. The van der Waals surface area contributed by atoms with Crippen molar-refractivity contribution in [2.45, 2.75) is 38.8 Å². The third-order valence-corrected chi connectivity index (χ3v) is 5.91. The van der Waals surface area contributed by atoms with Crippen molar-refractivity contribution in [2.75, 3.05) is 33.3 Å². The number of aliphatic hydroxyl groups is 1. The van der Waals surface area contributed by atoms with Crippen molar-refractivity contribution >= 4 is 11.6 Å². The van der Waals surface area contributed by atoms with Crippen molar-refractivity contribution in [1.82, 2.24) is 20.0 Å². The normalized spacial score (nSPS) is 31.3. The van der Waals surface area contributed by atoms with E-state index in [1.165, 1.54) is 6.42 Å². The third-order valence-electron chi connectivity index (χ3n) is 5.41. The minimum absolute atomic E-state index is 0.0920. The summed E-state index contributed by atoms with van der Waals surface area (Å²) in [6.45, 7) is 6.16. The molecule has 3 rings (SSSR count). The topological polar surface area (TPSA) is 55.4 Å². The summed E-state index contributed by atoms with van der Waals surface area (Å²) in [4.78, 5) is 4.84. The number of rotatable bonds is 3. The summed E-state index contributed by atoms with van der Waals surface area (Å²) in [7, 11) is 2.18. The van der Waals surface area contributed by atoms with Gasteiger partial charge in [-0.05, 0) is 46.3 Å². The van der Waals surface area contributed by atoms with E-state index >= 15 is 0 Å². The van der Waals surface area contributed by atoms with E-state index in [4.69, 9.17) is 11.6 Å². The molecule has 1 aromatic heterocycles. The monoisotopic (exact) mass is 312 g/mol. The van der Waals surface area contributed by atoms with E-state index in [1.807, 2.05) is 6.92 Å². The van der Waals surface area contributed by atoms with Gasteiger partial charge in [0.15, 0.2) is 0 Å². The molecule has 5 nitrogen and oxygen atoms in total. The first kappa shape index (κ1) is 15.3. The highest BCUT2D eigenvalue weighted by Gasteiger charge is 2.46. The van der Waals surface area contributed by atoms with Gasteiger partial charge in [-0.2, -0.15) is 5.10 Å². The van der Waals surface area contributed by atoms with Crippen LogP contribution in [0.4, 0.5) is 0 Å². The molecule has 0 amide bonds. The van der Waals surface area contributed by atoms with Gasteiger partial charge in [-0.15, -0.1) is 0 Å². The number of H-pyrrole nitrogens is 1. The molecule has 1 aromatic rings. The lowest BCUT2D eigenvalue weighted by Crippen LogP contribution is -2.61. The van der Waals surface area contributed by atoms with Crippen LogP contribution in [0.25, 0.3) is 0 Å². The van der Waals surface area contributed by atoms with Gasteiger partial charge in [0.05, 0.1) is 23.0 Å². The van der Waals surface area contributed by atoms with E-state index in [1.54, 1.807) is 0 Å². The van der Waals surface area contributed by atoms with Gasteiger partial charge in [-0.1, -0.05) is 11.6 Å². The van der Waals surface area contributed by atoms with Crippen LogP contribution in [-0.2, 0) is 6.54 Å². The number of likely N-dealkylation sites (N-methyl/N-ethyl adjacent to an activating group) is 1. The number of hydrogen-bond donors (Lipinski definition) is 2. The SMILES string of the molecule is Cc1[nH]nc(CN2CC[C@@]3(CO)CCCN(C)[C@@H]3C2)c1Cl. The fraction of sp³-hybridized carbons (Fsp3) is 0.800. The van der Waals surface area contributed by atoms with Crippen LogP contribution in [0.2, 0.25) is 5.02 Å². The zero-order chi connectivity index (χ0) is 15.0.